The molecule has 5 heteroatoms. The molecule has 3 unspecified atom stereocenters. The van der Waals surface area contributed by atoms with E-state index in [1.807, 2.05) is 6.92 Å². The minimum atomic E-state index is -0.605. The highest BCUT2D eigenvalue weighted by atomic mass is 16.5. The first-order valence-corrected chi connectivity index (χ1v) is 5.94. The average molecular weight is 225 g/mol. The number of aryl methyl sites for hydroxylation is 1. The third-order valence-corrected chi connectivity index (χ3v) is 3.00. The molecule has 0 spiro atoms. The maximum absolute atomic E-state index is 10.2. The summed E-state index contributed by atoms with van der Waals surface area (Å²) in [5, 5.41) is 18.0. The summed E-state index contributed by atoms with van der Waals surface area (Å²) in [6.07, 6.45) is 4.06. The summed E-state index contributed by atoms with van der Waals surface area (Å²) in [4.78, 5) is 0. The van der Waals surface area contributed by atoms with E-state index < -0.39 is 6.10 Å². The summed E-state index contributed by atoms with van der Waals surface area (Å²) in [5.74, 6) is 0. The molecule has 2 heterocycles. The maximum Gasteiger partial charge on any atom is 0.123 e. The van der Waals surface area contributed by atoms with Crippen molar-refractivity contribution in [2.45, 2.75) is 58.0 Å². The van der Waals surface area contributed by atoms with Crippen molar-refractivity contribution in [2.24, 2.45) is 0 Å². The van der Waals surface area contributed by atoms with E-state index in [0.717, 1.165) is 31.5 Å². The lowest BCUT2D eigenvalue weighted by Gasteiger charge is -2.18. The molecule has 1 aliphatic rings. The fourth-order valence-corrected chi connectivity index (χ4v) is 2.14. The van der Waals surface area contributed by atoms with Crippen molar-refractivity contribution in [2.75, 3.05) is 0 Å². The molecule has 1 aromatic rings. The molecule has 0 aromatic carbocycles. The Morgan fingerprint density at radius 3 is 3.06 bits per heavy atom. The predicted molar refractivity (Wildman–Crippen MR) is 58.8 cm³/mol. The Morgan fingerprint density at radius 2 is 2.44 bits per heavy atom. The molecule has 1 N–H and O–H groups in total. The van der Waals surface area contributed by atoms with Gasteiger partial charge in [-0.3, -0.25) is 0 Å². The molecule has 1 saturated heterocycles. The van der Waals surface area contributed by atoms with Crippen molar-refractivity contribution in [3.8, 4) is 0 Å². The van der Waals surface area contributed by atoms with Gasteiger partial charge in [-0.25, -0.2) is 4.68 Å². The first-order valence-electron chi connectivity index (χ1n) is 5.94. The van der Waals surface area contributed by atoms with Crippen LogP contribution in [0.25, 0.3) is 0 Å². The standard InChI is InChI=1S/C11H19N3O2/c1-3-6-14-9(7-12-13-14)11(15)10-5-4-8(2)16-10/h7-8,10-11,15H,3-6H2,1-2H3. The van der Waals surface area contributed by atoms with E-state index in [0.29, 0.717) is 0 Å². The quantitative estimate of drug-likeness (QED) is 0.838. The number of aromatic nitrogens is 3. The van der Waals surface area contributed by atoms with Crippen LogP contribution in [0.3, 0.4) is 0 Å². The molecular weight excluding hydrogens is 206 g/mol. The summed E-state index contributed by atoms with van der Waals surface area (Å²) in [5.41, 5.74) is 0.765. The van der Waals surface area contributed by atoms with Gasteiger partial charge in [-0.05, 0) is 26.2 Å². The van der Waals surface area contributed by atoms with Gasteiger partial charge >= 0.3 is 0 Å². The van der Waals surface area contributed by atoms with Gasteiger partial charge in [0.2, 0.25) is 0 Å². The van der Waals surface area contributed by atoms with Crippen LogP contribution in [0, 0.1) is 0 Å². The van der Waals surface area contributed by atoms with Gasteiger partial charge in [-0.15, -0.1) is 5.10 Å². The third kappa shape index (κ3) is 2.25. The average Bonchev–Trinajstić information content (AvgIpc) is 2.87. The van der Waals surface area contributed by atoms with Crippen LogP contribution in [0.5, 0.6) is 0 Å². The first-order chi connectivity index (χ1) is 7.72. The molecule has 0 bridgehead atoms. The van der Waals surface area contributed by atoms with E-state index in [1.54, 1.807) is 10.9 Å². The number of aliphatic hydroxyl groups is 1. The lowest BCUT2D eigenvalue weighted by molar-refractivity contribution is -0.0332. The normalized spacial score (nSPS) is 27.2. The molecule has 1 fully saturated rings. The van der Waals surface area contributed by atoms with Gasteiger partial charge in [-0.1, -0.05) is 12.1 Å². The second-order valence-corrected chi connectivity index (χ2v) is 4.39. The molecule has 1 aliphatic heterocycles. The number of rotatable bonds is 4. The Labute approximate surface area is 95.4 Å². The van der Waals surface area contributed by atoms with Gasteiger partial charge in [0.05, 0.1) is 24.1 Å². The molecule has 16 heavy (non-hydrogen) atoms. The highest BCUT2D eigenvalue weighted by Gasteiger charge is 2.31. The molecule has 5 nitrogen and oxygen atoms in total. The molecule has 90 valence electrons. The summed E-state index contributed by atoms with van der Waals surface area (Å²) in [6, 6.07) is 0. The van der Waals surface area contributed by atoms with Crippen LogP contribution in [0.1, 0.15) is 44.9 Å². The summed E-state index contributed by atoms with van der Waals surface area (Å²) >= 11 is 0. The molecule has 0 amide bonds. The number of hydrogen-bond acceptors (Lipinski definition) is 4. The van der Waals surface area contributed by atoms with Crippen molar-refractivity contribution in [1.82, 2.24) is 15.0 Å². The predicted octanol–water partition coefficient (Wildman–Crippen LogP) is 1.29. The number of aliphatic hydroxyl groups excluding tert-OH is 1. The molecule has 0 saturated carbocycles. The van der Waals surface area contributed by atoms with Crippen molar-refractivity contribution in [3.63, 3.8) is 0 Å². The summed E-state index contributed by atoms with van der Waals surface area (Å²) in [7, 11) is 0. The Kier molecular flexibility index (Phi) is 3.56. The smallest absolute Gasteiger partial charge is 0.123 e. The summed E-state index contributed by atoms with van der Waals surface area (Å²) < 4.78 is 7.42. The van der Waals surface area contributed by atoms with E-state index in [1.165, 1.54) is 0 Å². The van der Waals surface area contributed by atoms with Crippen molar-refractivity contribution in [3.05, 3.63) is 11.9 Å². The Balaban J connectivity index is 2.07. The Hall–Kier alpha value is -0.940. The van der Waals surface area contributed by atoms with Crippen LogP contribution in [-0.4, -0.2) is 32.3 Å². The van der Waals surface area contributed by atoms with Gasteiger partial charge in [0.1, 0.15) is 6.10 Å². The minimum Gasteiger partial charge on any atom is -0.384 e. The number of nitrogens with zero attached hydrogens (tertiary/aromatic N) is 3. The molecular formula is C11H19N3O2. The highest BCUT2D eigenvalue weighted by molar-refractivity contribution is 5.02. The zero-order valence-electron chi connectivity index (χ0n) is 9.83. The minimum absolute atomic E-state index is 0.107. The van der Waals surface area contributed by atoms with E-state index in [9.17, 15) is 5.11 Å². The monoisotopic (exact) mass is 225 g/mol. The molecule has 1 aromatic heterocycles. The largest absolute Gasteiger partial charge is 0.384 e. The van der Waals surface area contributed by atoms with Gasteiger partial charge in [0, 0.05) is 6.54 Å². The van der Waals surface area contributed by atoms with Crippen molar-refractivity contribution >= 4 is 0 Å². The van der Waals surface area contributed by atoms with E-state index in [4.69, 9.17) is 4.74 Å². The molecule has 0 radical (unpaired) electrons. The van der Waals surface area contributed by atoms with Crippen molar-refractivity contribution < 1.29 is 9.84 Å². The topological polar surface area (TPSA) is 60.2 Å². The van der Waals surface area contributed by atoms with Crippen LogP contribution in [0.4, 0.5) is 0 Å². The second kappa shape index (κ2) is 4.93. The number of ether oxygens (including phenoxy) is 1. The van der Waals surface area contributed by atoms with Crippen LogP contribution in [0.2, 0.25) is 0 Å². The highest BCUT2D eigenvalue weighted by Crippen LogP contribution is 2.29. The van der Waals surface area contributed by atoms with Crippen LogP contribution in [-0.2, 0) is 11.3 Å². The SMILES string of the molecule is CCCn1nncc1C(O)C1CCC(C)O1. The van der Waals surface area contributed by atoms with Gasteiger partial charge in [0.15, 0.2) is 0 Å². The fourth-order valence-electron chi connectivity index (χ4n) is 2.14. The first kappa shape index (κ1) is 11.5. The van der Waals surface area contributed by atoms with Crippen LogP contribution < -0.4 is 0 Å². The number of hydrogen-bond donors (Lipinski definition) is 1. The van der Waals surface area contributed by atoms with Crippen LogP contribution in [0.15, 0.2) is 6.20 Å². The fraction of sp³-hybridized carbons (Fsp3) is 0.818. The molecule has 3 atom stereocenters. The lowest BCUT2D eigenvalue weighted by atomic mass is 10.1. The third-order valence-electron chi connectivity index (χ3n) is 3.00. The van der Waals surface area contributed by atoms with Gasteiger partial charge < -0.3 is 9.84 Å². The Morgan fingerprint density at radius 1 is 1.62 bits per heavy atom. The van der Waals surface area contributed by atoms with Crippen molar-refractivity contribution in [1.29, 1.82) is 0 Å². The van der Waals surface area contributed by atoms with Crippen LogP contribution >= 0.6 is 0 Å². The zero-order valence-corrected chi connectivity index (χ0v) is 9.83. The second-order valence-electron chi connectivity index (χ2n) is 4.39. The van der Waals surface area contributed by atoms with Gasteiger partial charge in [-0.2, -0.15) is 0 Å². The summed E-state index contributed by atoms with van der Waals surface area (Å²) in [6.45, 7) is 4.90. The van der Waals surface area contributed by atoms with E-state index in [2.05, 4.69) is 17.2 Å². The van der Waals surface area contributed by atoms with E-state index in [-0.39, 0.29) is 12.2 Å². The zero-order chi connectivity index (χ0) is 11.5. The maximum atomic E-state index is 10.2. The Bertz CT molecular complexity index is 340. The molecule has 0 aliphatic carbocycles. The van der Waals surface area contributed by atoms with E-state index >= 15 is 0 Å². The van der Waals surface area contributed by atoms with Gasteiger partial charge in [0.25, 0.3) is 0 Å². The lowest BCUT2D eigenvalue weighted by Crippen LogP contribution is -2.21. The molecule has 2 rings (SSSR count).